The van der Waals surface area contributed by atoms with E-state index >= 15 is 0 Å². The van der Waals surface area contributed by atoms with Crippen LogP contribution in [0.5, 0.6) is 0 Å². The van der Waals surface area contributed by atoms with E-state index in [1.807, 2.05) is 19.3 Å². The van der Waals surface area contributed by atoms with Crippen molar-refractivity contribution in [1.29, 1.82) is 0 Å². The van der Waals surface area contributed by atoms with Crippen molar-refractivity contribution in [3.63, 3.8) is 0 Å². The van der Waals surface area contributed by atoms with E-state index in [9.17, 15) is 0 Å². The van der Waals surface area contributed by atoms with Gasteiger partial charge in [-0.3, -0.25) is 0 Å². The zero-order valence-corrected chi connectivity index (χ0v) is 5.51. The maximum atomic E-state index is 5.58. The Morgan fingerprint density at radius 3 is 2.57 bits per heavy atom. The molecule has 0 saturated carbocycles. The molecular weight excluding hydrogens is 126 g/mol. The molecule has 0 atom stereocenters. The molecule has 0 spiro atoms. The molecule has 0 nitrogen and oxygen atoms in total. The second kappa shape index (κ2) is 1.89. The molecule has 1 heterocycles. The van der Waals surface area contributed by atoms with Gasteiger partial charge in [-0.2, -0.15) is 0 Å². The van der Waals surface area contributed by atoms with Crippen molar-refractivity contribution >= 4 is 36.2 Å². The minimum Gasteiger partial charge on any atom is -0.133 e. The van der Waals surface area contributed by atoms with Crippen molar-refractivity contribution in [2.24, 2.45) is 0 Å². The van der Waals surface area contributed by atoms with Crippen LogP contribution < -0.4 is 5.46 Å². The van der Waals surface area contributed by atoms with E-state index < -0.39 is 0 Å². The summed E-state index contributed by atoms with van der Waals surface area (Å²) in [6.07, 6.45) is 0. The number of thiophene rings is 1. The average molecular weight is 130 g/mol. The predicted molar refractivity (Wildman–Crippen MR) is 37.5 cm³/mol. The quantitative estimate of drug-likeness (QED) is 0.453. The topological polar surface area (TPSA) is 0 Å². The minimum atomic E-state index is 0.873. The van der Waals surface area contributed by atoms with Crippen LogP contribution in [-0.4, -0.2) is 7.85 Å². The van der Waals surface area contributed by atoms with Gasteiger partial charge in [-0.25, -0.2) is 0 Å². The van der Waals surface area contributed by atoms with Crippen LogP contribution in [0.2, 0.25) is 4.34 Å². The van der Waals surface area contributed by atoms with Gasteiger partial charge in [0.1, 0.15) is 7.85 Å². The second-order valence-corrected chi connectivity index (χ2v) is 2.97. The van der Waals surface area contributed by atoms with Crippen molar-refractivity contribution in [2.45, 2.75) is 0 Å². The molecule has 0 aliphatic carbocycles. The third kappa shape index (κ3) is 1.21. The van der Waals surface area contributed by atoms with Gasteiger partial charge in [-0.1, -0.05) is 17.1 Å². The Morgan fingerprint density at radius 1 is 1.71 bits per heavy atom. The summed E-state index contributed by atoms with van der Waals surface area (Å²) < 4.78 is 0.873. The highest BCUT2D eigenvalue weighted by Crippen LogP contribution is 2.11. The molecule has 0 aliphatic heterocycles. The molecule has 0 amide bonds. The molecular formula is C4H4BClS. The van der Waals surface area contributed by atoms with Gasteiger partial charge in [0, 0.05) is 0 Å². The van der Waals surface area contributed by atoms with Crippen molar-refractivity contribution in [3.05, 3.63) is 15.8 Å². The van der Waals surface area contributed by atoms with Gasteiger partial charge < -0.3 is 0 Å². The largest absolute Gasteiger partial charge is 0.140 e. The van der Waals surface area contributed by atoms with Crippen LogP contribution in [0.4, 0.5) is 0 Å². The number of hydrogen-bond acceptors (Lipinski definition) is 1. The first-order valence-corrected chi connectivity index (χ1v) is 3.25. The molecule has 1 aromatic heterocycles. The lowest BCUT2D eigenvalue weighted by Gasteiger charge is -1.67. The first-order chi connectivity index (χ1) is 3.29. The smallest absolute Gasteiger partial charge is 0.133 e. The van der Waals surface area contributed by atoms with Crippen LogP contribution in [0.3, 0.4) is 0 Å². The van der Waals surface area contributed by atoms with Gasteiger partial charge in [0.2, 0.25) is 0 Å². The van der Waals surface area contributed by atoms with E-state index in [2.05, 4.69) is 0 Å². The molecule has 0 bridgehead atoms. The van der Waals surface area contributed by atoms with Crippen LogP contribution in [0.25, 0.3) is 0 Å². The molecule has 36 valence electrons. The fraction of sp³-hybridized carbons (Fsp3) is 0. The van der Waals surface area contributed by atoms with Gasteiger partial charge in [-0.05, 0) is 11.4 Å². The molecule has 3 heteroatoms. The standard InChI is InChI=1S/C4H4BClS/c5-3-1-4(6)7-2-3/h1-2H,5H2. The molecule has 7 heavy (non-hydrogen) atoms. The Hall–Kier alpha value is 0.0549. The molecule has 1 rings (SSSR count). The van der Waals surface area contributed by atoms with Gasteiger partial charge in [0.15, 0.2) is 0 Å². The molecule has 0 unspecified atom stereocenters. The van der Waals surface area contributed by atoms with Crippen molar-refractivity contribution < 1.29 is 0 Å². The van der Waals surface area contributed by atoms with Crippen LogP contribution in [-0.2, 0) is 0 Å². The van der Waals surface area contributed by atoms with E-state index in [1.54, 1.807) is 11.3 Å². The number of halogens is 1. The average Bonchev–Trinajstić information content (AvgIpc) is 1.87. The molecule has 0 aromatic carbocycles. The molecule has 1 aromatic rings. The Bertz CT molecular complexity index is 144. The van der Waals surface area contributed by atoms with Gasteiger partial charge in [0.25, 0.3) is 0 Å². The first-order valence-electron chi connectivity index (χ1n) is 1.99. The van der Waals surface area contributed by atoms with Crippen molar-refractivity contribution in [1.82, 2.24) is 0 Å². The summed E-state index contributed by atoms with van der Waals surface area (Å²) in [6.45, 7) is 0. The Kier molecular flexibility index (Phi) is 1.40. The molecule has 0 fully saturated rings. The summed E-state index contributed by atoms with van der Waals surface area (Å²) >= 11 is 7.15. The maximum Gasteiger partial charge on any atom is 0.140 e. The lowest BCUT2D eigenvalue weighted by Crippen LogP contribution is -1.92. The van der Waals surface area contributed by atoms with E-state index in [4.69, 9.17) is 11.6 Å². The first kappa shape index (κ1) is 5.20. The van der Waals surface area contributed by atoms with Crippen molar-refractivity contribution in [2.75, 3.05) is 0 Å². The highest BCUT2D eigenvalue weighted by molar-refractivity contribution is 7.15. The highest BCUT2D eigenvalue weighted by atomic mass is 35.5. The second-order valence-electron chi connectivity index (χ2n) is 1.43. The summed E-state index contributed by atoms with van der Waals surface area (Å²) in [6, 6.07) is 1.95. The van der Waals surface area contributed by atoms with Crippen LogP contribution in [0, 0.1) is 0 Å². The molecule has 0 N–H and O–H groups in total. The van der Waals surface area contributed by atoms with Gasteiger partial charge in [-0.15, -0.1) is 11.3 Å². The zero-order chi connectivity index (χ0) is 5.28. The maximum absolute atomic E-state index is 5.58. The van der Waals surface area contributed by atoms with Gasteiger partial charge >= 0.3 is 0 Å². The van der Waals surface area contributed by atoms with E-state index in [-0.39, 0.29) is 0 Å². The fourth-order valence-electron chi connectivity index (χ4n) is 0.396. The summed E-state index contributed by atoms with van der Waals surface area (Å²) in [5.41, 5.74) is 1.25. The Balaban J connectivity index is 3.04. The summed E-state index contributed by atoms with van der Waals surface area (Å²) in [5, 5.41) is 2.03. The fourth-order valence-corrected chi connectivity index (χ4v) is 1.32. The minimum absolute atomic E-state index is 0.873. The number of hydrogen-bond donors (Lipinski definition) is 0. The van der Waals surface area contributed by atoms with E-state index in [1.165, 1.54) is 5.46 Å². The summed E-state index contributed by atoms with van der Waals surface area (Å²) in [4.78, 5) is 0. The SMILES string of the molecule is Bc1csc(Cl)c1. The molecule has 0 saturated heterocycles. The molecule has 0 radical (unpaired) electrons. The lowest BCUT2D eigenvalue weighted by atomic mass is 10.0. The lowest BCUT2D eigenvalue weighted by molar-refractivity contribution is 2.14. The number of rotatable bonds is 0. The van der Waals surface area contributed by atoms with Gasteiger partial charge in [0.05, 0.1) is 4.34 Å². The monoisotopic (exact) mass is 130 g/mol. The van der Waals surface area contributed by atoms with E-state index in [0.717, 1.165) is 4.34 Å². The van der Waals surface area contributed by atoms with Crippen LogP contribution in [0.1, 0.15) is 0 Å². The molecule has 0 aliphatic rings. The Labute approximate surface area is 52.5 Å². The third-order valence-corrected chi connectivity index (χ3v) is 1.91. The summed E-state index contributed by atoms with van der Waals surface area (Å²) in [5.74, 6) is 0. The summed E-state index contributed by atoms with van der Waals surface area (Å²) in [7, 11) is 2.03. The third-order valence-electron chi connectivity index (χ3n) is 0.699. The normalized spacial score (nSPS) is 9.29. The zero-order valence-electron chi connectivity index (χ0n) is 3.94. The van der Waals surface area contributed by atoms with Crippen molar-refractivity contribution in [3.8, 4) is 0 Å². The van der Waals surface area contributed by atoms with Crippen LogP contribution in [0.15, 0.2) is 11.4 Å². The van der Waals surface area contributed by atoms with E-state index in [0.29, 0.717) is 0 Å². The predicted octanol–water partition coefficient (Wildman–Crippen LogP) is 0.660. The van der Waals surface area contributed by atoms with Crippen LogP contribution >= 0.6 is 22.9 Å². The Morgan fingerprint density at radius 2 is 2.43 bits per heavy atom. The highest BCUT2D eigenvalue weighted by Gasteiger charge is 1.86.